The molecule has 0 saturated carbocycles. The molecule has 4 unspecified atom stereocenters. The number of nitrogens with zero attached hydrogens (tertiary/aromatic N) is 1. The molecule has 0 aromatic heterocycles. The minimum Gasteiger partial charge on any atom is -0.378 e. The summed E-state index contributed by atoms with van der Waals surface area (Å²) in [6.07, 6.45) is 6.82. The average molecular weight is 268 g/mol. The number of hydrogen-bond acceptors (Lipinski definition) is 3. The van der Waals surface area contributed by atoms with E-state index in [9.17, 15) is 0 Å². The van der Waals surface area contributed by atoms with Crippen molar-refractivity contribution in [2.75, 3.05) is 26.2 Å². The normalized spacial score (nSPS) is 36.8. The first-order valence-electron chi connectivity index (χ1n) is 8.33. The van der Waals surface area contributed by atoms with Crippen molar-refractivity contribution in [2.45, 2.75) is 71.1 Å². The van der Waals surface area contributed by atoms with Crippen LogP contribution in [0.1, 0.15) is 52.9 Å². The lowest BCUT2D eigenvalue weighted by Gasteiger charge is -2.39. The summed E-state index contributed by atoms with van der Waals surface area (Å²) in [6, 6.07) is 1.47. The molecular formula is C16H32N2O. The topological polar surface area (TPSA) is 24.5 Å². The number of nitrogens with one attached hydrogen (secondary N) is 1. The van der Waals surface area contributed by atoms with E-state index in [4.69, 9.17) is 4.74 Å². The minimum atomic E-state index is 0.517. The molecule has 112 valence electrons. The van der Waals surface area contributed by atoms with Crippen molar-refractivity contribution in [3.8, 4) is 0 Å². The monoisotopic (exact) mass is 268 g/mol. The zero-order valence-corrected chi connectivity index (χ0v) is 13.0. The van der Waals surface area contributed by atoms with Crippen LogP contribution < -0.4 is 5.32 Å². The fraction of sp³-hybridized carbons (Fsp3) is 1.00. The lowest BCUT2D eigenvalue weighted by Crippen LogP contribution is -2.49. The van der Waals surface area contributed by atoms with E-state index in [1.165, 1.54) is 51.7 Å². The molecule has 19 heavy (non-hydrogen) atoms. The van der Waals surface area contributed by atoms with Crippen molar-refractivity contribution >= 4 is 0 Å². The largest absolute Gasteiger partial charge is 0.378 e. The molecule has 2 aliphatic rings. The van der Waals surface area contributed by atoms with Crippen LogP contribution in [0.25, 0.3) is 0 Å². The minimum absolute atomic E-state index is 0.517. The van der Waals surface area contributed by atoms with Crippen molar-refractivity contribution in [3.05, 3.63) is 0 Å². The van der Waals surface area contributed by atoms with Gasteiger partial charge in [-0.2, -0.15) is 0 Å². The summed E-state index contributed by atoms with van der Waals surface area (Å²) >= 11 is 0. The van der Waals surface area contributed by atoms with Crippen molar-refractivity contribution < 1.29 is 4.74 Å². The molecule has 0 bridgehead atoms. The van der Waals surface area contributed by atoms with Crippen molar-refractivity contribution in [1.82, 2.24) is 10.2 Å². The maximum atomic E-state index is 5.83. The molecule has 0 amide bonds. The summed E-state index contributed by atoms with van der Waals surface area (Å²) < 4.78 is 5.83. The standard InChI is InChI=1S/C16H32N2O/c1-4-8-17-15-6-9-18(13(3)11-15)12-14-7-10-19-16(14)5-2/h13-17H,4-12H2,1-3H3. The summed E-state index contributed by atoms with van der Waals surface area (Å²) in [4.78, 5) is 2.70. The molecular weight excluding hydrogens is 236 g/mol. The summed E-state index contributed by atoms with van der Waals surface area (Å²) in [7, 11) is 0. The molecule has 0 spiro atoms. The molecule has 0 radical (unpaired) electrons. The first-order chi connectivity index (χ1) is 9.24. The highest BCUT2D eigenvalue weighted by molar-refractivity contribution is 4.86. The van der Waals surface area contributed by atoms with Crippen molar-refractivity contribution in [3.63, 3.8) is 0 Å². The molecule has 2 saturated heterocycles. The molecule has 0 aromatic carbocycles. The third kappa shape index (κ3) is 4.17. The molecule has 2 aliphatic heterocycles. The summed E-state index contributed by atoms with van der Waals surface area (Å²) in [5, 5.41) is 3.68. The fourth-order valence-electron chi connectivity index (χ4n) is 3.68. The second-order valence-electron chi connectivity index (χ2n) is 6.39. The molecule has 0 aromatic rings. The zero-order chi connectivity index (χ0) is 13.7. The molecule has 0 aliphatic carbocycles. The molecule has 3 nitrogen and oxygen atoms in total. The Balaban J connectivity index is 1.76. The van der Waals surface area contributed by atoms with Crippen LogP contribution in [-0.4, -0.2) is 49.3 Å². The summed E-state index contributed by atoms with van der Waals surface area (Å²) in [5.41, 5.74) is 0. The Bertz CT molecular complexity index is 259. The van der Waals surface area contributed by atoms with E-state index in [0.29, 0.717) is 6.10 Å². The van der Waals surface area contributed by atoms with Crippen LogP contribution in [0, 0.1) is 5.92 Å². The maximum Gasteiger partial charge on any atom is 0.0613 e. The van der Waals surface area contributed by atoms with Gasteiger partial charge in [0.05, 0.1) is 6.10 Å². The third-order valence-corrected chi connectivity index (χ3v) is 4.91. The molecule has 2 heterocycles. The summed E-state index contributed by atoms with van der Waals surface area (Å²) in [6.45, 7) is 11.6. The van der Waals surface area contributed by atoms with Crippen LogP contribution in [0.2, 0.25) is 0 Å². The second-order valence-corrected chi connectivity index (χ2v) is 6.39. The van der Waals surface area contributed by atoms with Gasteiger partial charge in [0.25, 0.3) is 0 Å². The first-order valence-corrected chi connectivity index (χ1v) is 8.33. The quantitative estimate of drug-likeness (QED) is 0.801. The average Bonchev–Trinajstić information content (AvgIpc) is 2.86. The van der Waals surface area contributed by atoms with Gasteiger partial charge in [0.15, 0.2) is 0 Å². The van der Waals surface area contributed by atoms with Crippen molar-refractivity contribution in [2.24, 2.45) is 5.92 Å². The Morgan fingerprint density at radius 1 is 1.26 bits per heavy atom. The number of likely N-dealkylation sites (tertiary alicyclic amines) is 1. The van der Waals surface area contributed by atoms with E-state index in [2.05, 4.69) is 31.0 Å². The Kier molecular flexibility index (Phi) is 6.11. The zero-order valence-electron chi connectivity index (χ0n) is 13.0. The number of ether oxygens (including phenoxy) is 1. The van der Waals surface area contributed by atoms with Gasteiger partial charge in [-0.1, -0.05) is 13.8 Å². The molecule has 2 rings (SSSR count). The highest BCUT2D eigenvalue weighted by Gasteiger charge is 2.32. The molecule has 2 fully saturated rings. The number of piperidine rings is 1. The smallest absolute Gasteiger partial charge is 0.0613 e. The highest BCUT2D eigenvalue weighted by Crippen LogP contribution is 2.27. The van der Waals surface area contributed by atoms with Crippen LogP contribution in [0.15, 0.2) is 0 Å². The third-order valence-electron chi connectivity index (χ3n) is 4.91. The Morgan fingerprint density at radius 3 is 2.79 bits per heavy atom. The maximum absolute atomic E-state index is 5.83. The SMILES string of the molecule is CCCNC1CCN(CC2CCOC2CC)C(C)C1. The van der Waals surface area contributed by atoms with Gasteiger partial charge >= 0.3 is 0 Å². The van der Waals surface area contributed by atoms with E-state index in [0.717, 1.165) is 24.6 Å². The van der Waals surface area contributed by atoms with Gasteiger partial charge in [0.1, 0.15) is 0 Å². The van der Waals surface area contributed by atoms with Gasteiger partial charge in [-0.3, -0.25) is 0 Å². The van der Waals surface area contributed by atoms with Gasteiger partial charge < -0.3 is 15.0 Å². The first kappa shape index (κ1) is 15.3. The Labute approximate surface area is 119 Å². The van der Waals surface area contributed by atoms with Crippen LogP contribution in [0.3, 0.4) is 0 Å². The van der Waals surface area contributed by atoms with Crippen molar-refractivity contribution in [1.29, 1.82) is 0 Å². The van der Waals surface area contributed by atoms with Gasteiger partial charge in [0, 0.05) is 25.2 Å². The van der Waals surface area contributed by atoms with Crippen LogP contribution in [0.4, 0.5) is 0 Å². The van der Waals surface area contributed by atoms with Crippen LogP contribution in [-0.2, 0) is 4.74 Å². The second kappa shape index (κ2) is 7.61. The van der Waals surface area contributed by atoms with E-state index in [1.54, 1.807) is 0 Å². The van der Waals surface area contributed by atoms with Gasteiger partial charge in [0.2, 0.25) is 0 Å². The van der Waals surface area contributed by atoms with Gasteiger partial charge in [-0.05, 0) is 58.0 Å². The lowest BCUT2D eigenvalue weighted by atomic mass is 9.93. The Morgan fingerprint density at radius 2 is 2.11 bits per heavy atom. The predicted molar refractivity (Wildman–Crippen MR) is 80.5 cm³/mol. The number of rotatable bonds is 6. The molecule has 3 heteroatoms. The highest BCUT2D eigenvalue weighted by atomic mass is 16.5. The van der Waals surface area contributed by atoms with E-state index in [-0.39, 0.29) is 0 Å². The lowest BCUT2D eigenvalue weighted by molar-refractivity contribution is 0.0582. The Hall–Kier alpha value is -0.120. The van der Waals surface area contributed by atoms with E-state index < -0.39 is 0 Å². The van der Waals surface area contributed by atoms with Crippen LogP contribution >= 0.6 is 0 Å². The van der Waals surface area contributed by atoms with Gasteiger partial charge in [-0.15, -0.1) is 0 Å². The predicted octanol–water partition coefficient (Wildman–Crippen LogP) is 2.65. The summed E-state index contributed by atoms with van der Waals surface area (Å²) in [5.74, 6) is 0.771. The molecule has 4 atom stereocenters. The van der Waals surface area contributed by atoms with Crippen LogP contribution in [0.5, 0.6) is 0 Å². The van der Waals surface area contributed by atoms with E-state index >= 15 is 0 Å². The van der Waals surface area contributed by atoms with E-state index in [1.807, 2.05) is 0 Å². The fourth-order valence-corrected chi connectivity index (χ4v) is 3.68. The number of hydrogen-bond donors (Lipinski definition) is 1. The van der Waals surface area contributed by atoms with Gasteiger partial charge in [-0.25, -0.2) is 0 Å². The molecule has 1 N–H and O–H groups in total.